The summed E-state index contributed by atoms with van der Waals surface area (Å²) in [5.74, 6) is -0.157. The third-order valence-corrected chi connectivity index (χ3v) is 3.66. The molecule has 0 heterocycles. The van der Waals surface area contributed by atoms with Gasteiger partial charge in [0.15, 0.2) is 0 Å². The van der Waals surface area contributed by atoms with E-state index in [0.717, 1.165) is 5.56 Å². The summed E-state index contributed by atoms with van der Waals surface area (Å²) < 4.78 is 0. The molecule has 6 heteroatoms. The molecule has 0 spiro atoms. The van der Waals surface area contributed by atoms with Crippen LogP contribution >= 0.6 is 35.6 Å². The monoisotopic (exact) mass is 338 g/mol. The zero-order valence-corrected chi connectivity index (χ0v) is 14.2. The fourth-order valence-corrected chi connectivity index (χ4v) is 2.17. The van der Waals surface area contributed by atoms with E-state index in [1.807, 2.05) is 20.8 Å². The highest BCUT2D eigenvalue weighted by Gasteiger charge is 2.27. The second-order valence-corrected chi connectivity index (χ2v) is 6.40. The minimum Gasteiger partial charge on any atom is -0.354 e. The molecule has 0 aliphatic heterocycles. The van der Waals surface area contributed by atoms with Crippen LogP contribution in [0.4, 0.5) is 0 Å². The van der Waals surface area contributed by atoms with Crippen LogP contribution in [-0.4, -0.2) is 18.5 Å². The Balaban J connectivity index is 0.00000361. The number of halogens is 3. The number of hydrogen-bond donors (Lipinski definition) is 2. The molecule has 20 heavy (non-hydrogen) atoms. The van der Waals surface area contributed by atoms with Crippen LogP contribution in [0.3, 0.4) is 0 Å². The average molecular weight is 340 g/mol. The zero-order valence-electron chi connectivity index (χ0n) is 11.9. The zero-order chi connectivity index (χ0) is 14.6. The topological polar surface area (TPSA) is 55.1 Å². The van der Waals surface area contributed by atoms with Crippen molar-refractivity contribution in [2.24, 2.45) is 11.1 Å². The molecule has 1 atom stereocenters. The summed E-state index contributed by atoms with van der Waals surface area (Å²) >= 11 is 12.1. The number of rotatable bonds is 4. The summed E-state index contributed by atoms with van der Waals surface area (Å²) in [4.78, 5) is 11.8. The molecule has 1 amide bonds. The Bertz CT molecular complexity index is 438. The van der Waals surface area contributed by atoms with Gasteiger partial charge in [-0.25, -0.2) is 0 Å². The van der Waals surface area contributed by atoms with E-state index in [2.05, 4.69) is 5.32 Å². The van der Waals surface area contributed by atoms with Crippen LogP contribution in [-0.2, 0) is 11.2 Å². The third-order valence-electron chi connectivity index (χ3n) is 2.95. The van der Waals surface area contributed by atoms with Crippen molar-refractivity contribution in [1.82, 2.24) is 5.32 Å². The van der Waals surface area contributed by atoms with Gasteiger partial charge in [0.2, 0.25) is 5.91 Å². The third kappa shape index (κ3) is 5.49. The predicted octanol–water partition coefficient (Wildman–Crippen LogP) is 3.45. The van der Waals surface area contributed by atoms with Crippen molar-refractivity contribution in [3.63, 3.8) is 0 Å². The van der Waals surface area contributed by atoms with Crippen LogP contribution in [0.5, 0.6) is 0 Å². The molecule has 1 aromatic carbocycles. The molecule has 0 aliphatic carbocycles. The van der Waals surface area contributed by atoms with Crippen LogP contribution < -0.4 is 11.1 Å². The van der Waals surface area contributed by atoms with Crippen LogP contribution in [0, 0.1) is 5.41 Å². The van der Waals surface area contributed by atoms with Gasteiger partial charge in [-0.15, -0.1) is 12.4 Å². The summed E-state index contributed by atoms with van der Waals surface area (Å²) in [7, 11) is 0. The molecule has 1 aromatic rings. The molecule has 0 saturated heterocycles. The quantitative estimate of drug-likeness (QED) is 0.883. The van der Waals surface area contributed by atoms with E-state index in [0.29, 0.717) is 23.0 Å². The lowest BCUT2D eigenvalue weighted by Crippen LogP contribution is -2.49. The predicted molar refractivity (Wildman–Crippen MR) is 87.9 cm³/mol. The Morgan fingerprint density at radius 1 is 1.30 bits per heavy atom. The molecular formula is C14H21Cl3N2O. The Labute approximate surface area is 136 Å². The number of benzene rings is 1. The number of hydrogen-bond acceptors (Lipinski definition) is 2. The van der Waals surface area contributed by atoms with E-state index in [-0.39, 0.29) is 23.7 Å². The van der Waals surface area contributed by atoms with E-state index in [1.165, 1.54) is 0 Å². The SMILES string of the molecule is CC(C)(C)[C@H](N)C(=O)NCCc1c(Cl)cccc1Cl.Cl. The van der Waals surface area contributed by atoms with E-state index >= 15 is 0 Å². The summed E-state index contributed by atoms with van der Waals surface area (Å²) in [5, 5.41) is 4.04. The number of amides is 1. The highest BCUT2D eigenvalue weighted by molar-refractivity contribution is 6.35. The first-order chi connectivity index (χ1) is 8.73. The first kappa shape index (κ1) is 19.5. The fourth-order valence-electron chi connectivity index (χ4n) is 1.59. The van der Waals surface area contributed by atoms with Crippen molar-refractivity contribution in [1.29, 1.82) is 0 Å². The smallest absolute Gasteiger partial charge is 0.237 e. The van der Waals surface area contributed by atoms with Crippen LogP contribution in [0.25, 0.3) is 0 Å². The molecule has 3 N–H and O–H groups in total. The van der Waals surface area contributed by atoms with E-state index in [4.69, 9.17) is 28.9 Å². The van der Waals surface area contributed by atoms with Gasteiger partial charge in [0, 0.05) is 16.6 Å². The van der Waals surface area contributed by atoms with Gasteiger partial charge in [0.25, 0.3) is 0 Å². The van der Waals surface area contributed by atoms with Gasteiger partial charge in [-0.1, -0.05) is 50.0 Å². The normalized spacial score (nSPS) is 12.5. The van der Waals surface area contributed by atoms with Crippen LogP contribution in [0.2, 0.25) is 10.0 Å². The largest absolute Gasteiger partial charge is 0.354 e. The van der Waals surface area contributed by atoms with Crippen molar-refractivity contribution in [2.45, 2.75) is 33.2 Å². The molecule has 1 rings (SSSR count). The maximum Gasteiger partial charge on any atom is 0.237 e. The number of nitrogens with one attached hydrogen (secondary N) is 1. The number of nitrogens with two attached hydrogens (primary N) is 1. The highest BCUT2D eigenvalue weighted by atomic mass is 35.5. The highest BCUT2D eigenvalue weighted by Crippen LogP contribution is 2.24. The Morgan fingerprint density at radius 3 is 2.25 bits per heavy atom. The molecule has 0 radical (unpaired) electrons. The lowest BCUT2D eigenvalue weighted by atomic mass is 9.87. The summed E-state index contributed by atoms with van der Waals surface area (Å²) in [6.45, 7) is 6.26. The standard InChI is InChI=1S/C14H20Cl2N2O.ClH/c1-14(2,3)12(17)13(19)18-8-7-9-10(15)5-4-6-11(9)16;/h4-6,12H,7-8,17H2,1-3H3,(H,18,19);1H/t12-;/m1./s1. The molecule has 3 nitrogen and oxygen atoms in total. The molecule has 0 unspecified atom stereocenters. The summed E-state index contributed by atoms with van der Waals surface area (Å²) in [6, 6.07) is 4.83. The van der Waals surface area contributed by atoms with Crippen molar-refractivity contribution in [3.05, 3.63) is 33.8 Å². The molecule has 0 saturated carbocycles. The second kappa shape index (κ2) is 8.08. The molecule has 0 fully saturated rings. The van der Waals surface area contributed by atoms with Crippen molar-refractivity contribution in [3.8, 4) is 0 Å². The Hall–Kier alpha value is -0.480. The second-order valence-electron chi connectivity index (χ2n) is 5.58. The van der Waals surface area contributed by atoms with Crippen molar-refractivity contribution in [2.75, 3.05) is 6.54 Å². The molecule has 114 valence electrons. The van der Waals surface area contributed by atoms with Gasteiger partial charge in [0.1, 0.15) is 0 Å². The van der Waals surface area contributed by atoms with Crippen LogP contribution in [0.1, 0.15) is 26.3 Å². The van der Waals surface area contributed by atoms with Gasteiger partial charge in [-0.05, 0) is 29.5 Å². The van der Waals surface area contributed by atoms with E-state index in [9.17, 15) is 4.79 Å². The maximum absolute atomic E-state index is 11.8. The first-order valence-corrected chi connectivity index (χ1v) is 6.95. The van der Waals surface area contributed by atoms with Gasteiger partial charge in [-0.2, -0.15) is 0 Å². The minimum atomic E-state index is -0.533. The van der Waals surface area contributed by atoms with E-state index < -0.39 is 6.04 Å². The van der Waals surface area contributed by atoms with E-state index in [1.54, 1.807) is 18.2 Å². The van der Waals surface area contributed by atoms with Gasteiger partial charge in [-0.3, -0.25) is 4.79 Å². The van der Waals surface area contributed by atoms with Gasteiger partial charge >= 0.3 is 0 Å². The van der Waals surface area contributed by atoms with Crippen LogP contribution in [0.15, 0.2) is 18.2 Å². The fraction of sp³-hybridized carbons (Fsp3) is 0.500. The number of carbonyl (C=O) groups excluding carboxylic acids is 1. The molecule has 0 aliphatic rings. The average Bonchev–Trinajstić information content (AvgIpc) is 2.30. The Kier molecular flexibility index (Phi) is 7.89. The minimum absolute atomic E-state index is 0. The molecule has 0 aromatic heterocycles. The van der Waals surface area contributed by atoms with Crippen molar-refractivity contribution >= 4 is 41.5 Å². The van der Waals surface area contributed by atoms with Crippen molar-refractivity contribution < 1.29 is 4.79 Å². The van der Waals surface area contributed by atoms with Gasteiger partial charge < -0.3 is 11.1 Å². The first-order valence-electron chi connectivity index (χ1n) is 6.19. The molecular weight excluding hydrogens is 319 g/mol. The Morgan fingerprint density at radius 2 is 1.80 bits per heavy atom. The maximum atomic E-state index is 11.8. The number of carbonyl (C=O) groups is 1. The summed E-state index contributed by atoms with van der Waals surface area (Å²) in [6.07, 6.45) is 0.584. The summed E-state index contributed by atoms with van der Waals surface area (Å²) in [5.41, 5.74) is 6.45. The molecule has 0 bridgehead atoms. The van der Waals surface area contributed by atoms with Gasteiger partial charge in [0.05, 0.1) is 6.04 Å². The lowest BCUT2D eigenvalue weighted by Gasteiger charge is -2.25. The lowest BCUT2D eigenvalue weighted by molar-refractivity contribution is -0.124.